The number of nitrogens with zero attached hydrogens (tertiary/aromatic N) is 4. The van der Waals surface area contributed by atoms with E-state index in [0.717, 1.165) is 30.0 Å². The Kier molecular flexibility index (Phi) is 6.22. The van der Waals surface area contributed by atoms with E-state index in [1.165, 1.54) is 0 Å². The predicted octanol–water partition coefficient (Wildman–Crippen LogP) is 2.89. The second kappa shape index (κ2) is 8.18. The van der Waals surface area contributed by atoms with Gasteiger partial charge in [0, 0.05) is 31.9 Å². The first-order chi connectivity index (χ1) is 11.7. The average molecular weight is 346 g/mol. The normalized spacial score (nSPS) is 12.4. The van der Waals surface area contributed by atoms with Gasteiger partial charge in [-0.3, -0.25) is 14.7 Å². The zero-order valence-electron chi connectivity index (χ0n) is 16.1. The summed E-state index contributed by atoms with van der Waals surface area (Å²) in [5.74, 6) is 1.53. The van der Waals surface area contributed by atoms with Crippen LogP contribution in [0.3, 0.4) is 0 Å². The monoisotopic (exact) mass is 346 g/mol. The summed E-state index contributed by atoms with van der Waals surface area (Å²) in [6.45, 7) is 11.8. The first kappa shape index (κ1) is 19.0. The van der Waals surface area contributed by atoms with Crippen LogP contribution >= 0.6 is 0 Å². The van der Waals surface area contributed by atoms with Crippen LogP contribution in [0.1, 0.15) is 37.9 Å². The van der Waals surface area contributed by atoms with Crippen molar-refractivity contribution >= 4 is 11.8 Å². The van der Waals surface area contributed by atoms with Crippen LogP contribution in [0.4, 0.5) is 10.6 Å². The molecule has 7 heteroatoms. The fourth-order valence-electron chi connectivity index (χ4n) is 2.81. The largest absolute Gasteiger partial charge is 0.337 e. The smallest absolute Gasteiger partial charge is 0.320 e. The second-order valence-electron chi connectivity index (χ2n) is 7.29. The lowest BCUT2D eigenvalue weighted by Crippen LogP contribution is -2.34. The van der Waals surface area contributed by atoms with Crippen LogP contribution in [0.5, 0.6) is 0 Å². The van der Waals surface area contributed by atoms with Crippen molar-refractivity contribution in [2.24, 2.45) is 18.9 Å². The second-order valence-corrected chi connectivity index (χ2v) is 7.29. The first-order valence-corrected chi connectivity index (χ1v) is 8.83. The Labute approximate surface area is 149 Å². The maximum atomic E-state index is 12.1. The SMILES string of the molecule is Cc1cc(C)n(C[C@@H](C)CNC(=O)Nc2cc(CC(C)C)nn2C)n1. The Hall–Kier alpha value is -2.31. The van der Waals surface area contributed by atoms with Crippen LogP contribution < -0.4 is 10.6 Å². The quantitative estimate of drug-likeness (QED) is 0.809. The number of amides is 2. The van der Waals surface area contributed by atoms with Gasteiger partial charge in [0.25, 0.3) is 0 Å². The molecule has 2 N–H and O–H groups in total. The molecule has 0 bridgehead atoms. The minimum atomic E-state index is -0.209. The Morgan fingerprint density at radius 3 is 2.52 bits per heavy atom. The van der Waals surface area contributed by atoms with E-state index in [1.807, 2.05) is 31.6 Å². The van der Waals surface area contributed by atoms with Gasteiger partial charge >= 0.3 is 6.03 Å². The summed E-state index contributed by atoms with van der Waals surface area (Å²) in [5.41, 5.74) is 3.15. The molecule has 0 radical (unpaired) electrons. The van der Waals surface area contributed by atoms with Gasteiger partial charge in [0.1, 0.15) is 5.82 Å². The summed E-state index contributed by atoms with van der Waals surface area (Å²) in [5, 5.41) is 14.7. The van der Waals surface area contributed by atoms with Crippen molar-refractivity contribution in [2.45, 2.75) is 47.6 Å². The first-order valence-electron chi connectivity index (χ1n) is 8.83. The van der Waals surface area contributed by atoms with Crippen molar-refractivity contribution < 1.29 is 4.79 Å². The molecule has 0 saturated carbocycles. The highest BCUT2D eigenvalue weighted by Gasteiger charge is 2.12. The molecule has 2 heterocycles. The Morgan fingerprint density at radius 2 is 1.92 bits per heavy atom. The van der Waals surface area contributed by atoms with Gasteiger partial charge in [-0.2, -0.15) is 10.2 Å². The lowest BCUT2D eigenvalue weighted by Gasteiger charge is -2.14. The maximum Gasteiger partial charge on any atom is 0.320 e. The van der Waals surface area contributed by atoms with Crippen LogP contribution in [0.25, 0.3) is 0 Å². The molecule has 0 aliphatic heterocycles. The summed E-state index contributed by atoms with van der Waals surface area (Å²) in [6.07, 6.45) is 0.900. The Morgan fingerprint density at radius 1 is 1.20 bits per heavy atom. The number of aromatic nitrogens is 4. The number of hydrogen-bond donors (Lipinski definition) is 2. The third-order valence-electron chi connectivity index (χ3n) is 3.99. The highest BCUT2D eigenvalue weighted by atomic mass is 16.2. The minimum absolute atomic E-state index is 0.209. The lowest BCUT2D eigenvalue weighted by atomic mass is 10.1. The molecule has 0 saturated heterocycles. The molecule has 138 valence electrons. The highest BCUT2D eigenvalue weighted by molar-refractivity contribution is 5.88. The van der Waals surface area contributed by atoms with Gasteiger partial charge < -0.3 is 5.32 Å². The summed E-state index contributed by atoms with van der Waals surface area (Å²) < 4.78 is 3.69. The van der Waals surface area contributed by atoms with Gasteiger partial charge in [0.05, 0.1) is 11.4 Å². The van der Waals surface area contributed by atoms with E-state index in [9.17, 15) is 4.79 Å². The standard InChI is InChI=1S/C18H30N6O/c1-12(2)7-16-9-17(23(6)22-16)20-18(25)19-10-13(3)11-24-15(5)8-14(4)21-24/h8-9,12-13H,7,10-11H2,1-6H3,(H2,19,20,25)/t13-/m0/s1. The van der Waals surface area contributed by atoms with Gasteiger partial charge in [-0.05, 0) is 38.2 Å². The van der Waals surface area contributed by atoms with Crippen molar-refractivity contribution in [3.63, 3.8) is 0 Å². The van der Waals surface area contributed by atoms with Crippen molar-refractivity contribution in [1.82, 2.24) is 24.9 Å². The predicted molar refractivity (Wildman–Crippen MR) is 99.6 cm³/mol. The molecule has 1 atom stereocenters. The molecular weight excluding hydrogens is 316 g/mol. The Bertz CT molecular complexity index is 715. The van der Waals surface area contributed by atoms with Gasteiger partial charge in [-0.1, -0.05) is 20.8 Å². The number of nitrogens with one attached hydrogen (secondary N) is 2. The molecule has 25 heavy (non-hydrogen) atoms. The minimum Gasteiger partial charge on any atom is -0.337 e. The molecule has 2 amide bonds. The molecule has 0 aliphatic rings. The molecule has 0 aliphatic carbocycles. The van der Waals surface area contributed by atoms with Crippen molar-refractivity contribution in [1.29, 1.82) is 0 Å². The van der Waals surface area contributed by atoms with Crippen LogP contribution in [0.15, 0.2) is 12.1 Å². The number of carbonyl (C=O) groups excluding carboxylic acids is 1. The lowest BCUT2D eigenvalue weighted by molar-refractivity contribution is 0.249. The number of anilines is 1. The number of hydrogen-bond acceptors (Lipinski definition) is 3. The molecule has 7 nitrogen and oxygen atoms in total. The number of urea groups is 1. The van der Waals surface area contributed by atoms with Crippen LogP contribution in [0, 0.1) is 25.7 Å². The molecule has 2 rings (SSSR count). The fraction of sp³-hybridized carbons (Fsp3) is 0.611. The van der Waals surface area contributed by atoms with Crippen LogP contribution in [0.2, 0.25) is 0 Å². The van der Waals surface area contributed by atoms with E-state index in [-0.39, 0.29) is 11.9 Å². The van der Waals surface area contributed by atoms with E-state index >= 15 is 0 Å². The molecule has 0 spiro atoms. The number of carbonyl (C=O) groups is 1. The van der Waals surface area contributed by atoms with Gasteiger partial charge in [-0.25, -0.2) is 4.79 Å². The van der Waals surface area contributed by atoms with Gasteiger partial charge in [-0.15, -0.1) is 0 Å². The van der Waals surface area contributed by atoms with Crippen molar-refractivity contribution in [3.05, 3.63) is 29.2 Å². The summed E-state index contributed by atoms with van der Waals surface area (Å²) in [6, 6.07) is 3.78. The molecule has 0 unspecified atom stereocenters. The number of aryl methyl sites for hydroxylation is 3. The third kappa shape index (κ3) is 5.62. The molecule has 2 aromatic rings. The average Bonchev–Trinajstić information content (AvgIpc) is 2.98. The van der Waals surface area contributed by atoms with Crippen molar-refractivity contribution in [3.8, 4) is 0 Å². The highest BCUT2D eigenvalue weighted by Crippen LogP contribution is 2.13. The Balaban J connectivity index is 1.82. The number of rotatable bonds is 7. The summed E-state index contributed by atoms with van der Waals surface area (Å²) >= 11 is 0. The fourth-order valence-corrected chi connectivity index (χ4v) is 2.81. The topological polar surface area (TPSA) is 76.8 Å². The van der Waals surface area contributed by atoms with Crippen molar-refractivity contribution in [2.75, 3.05) is 11.9 Å². The zero-order chi connectivity index (χ0) is 18.6. The molecular formula is C18H30N6O. The van der Waals surface area contributed by atoms with E-state index in [0.29, 0.717) is 18.3 Å². The van der Waals surface area contributed by atoms with E-state index in [4.69, 9.17) is 0 Å². The van der Waals surface area contributed by atoms with E-state index < -0.39 is 0 Å². The van der Waals surface area contributed by atoms with Gasteiger partial charge in [0.15, 0.2) is 0 Å². The van der Waals surface area contributed by atoms with Crippen LogP contribution in [-0.4, -0.2) is 32.1 Å². The maximum absolute atomic E-state index is 12.1. The summed E-state index contributed by atoms with van der Waals surface area (Å²) in [7, 11) is 1.84. The molecule has 0 fully saturated rings. The van der Waals surface area contributed by atoms with E-state index in [2.05, 4.69) is 47.7 Å². The third-order valence-corrected chi connectivity index (χ3v) is 3.99. The summed E-state index contributed by atoms with van der Waals surface area (Å²) in [4.78, 5) is 12.1. The zero-order valence-corrected chi connectivity index (χ0v) is 16.1. The van der Waals surface area contributed by atoms with Crippen LogP contribution in [-0.2, 0) is 20.0 Å². The molecule has 0 aromatic carbocycles. The molecule has 2 aromatic heterocycles. The van der Waals surface area contributed by atoms with Gasteiger partial charge in [0.2, 0.25) is 0 Å². The van der Waals surface area contributed by atoms with E-state index in [1.54, 1.807) is 4.68 Å².